The zero-order valence-electron chi connectivity index (χ0n) is 16.5. The number of hydrogen-bond donors (Lipinski definition) is 1. The van der Waals surface area contributed by atoms with Gasteiger partial charge in [0.15, 0.2) is 11.5 Å². The average molecular weight is 430 g/mol. The van der Waals surface area contributed by atoms with Gasteiger partial charge in [0.1, 0.15) is 6.04 Å². The number of imidazole rings is 1. The van der Waals surface area contributed by atoms with E-state index in [0.29, 0.717) is 24.4 Å². The van der Waals surface area contributed by atoms with Gasteiger partial charge in [0.05, 0.1) is 23.2 Å². The van der Waals surface area contributed by atoms with Crippen molar-refractivity contribution in [2.45, 2.75) is 12.5 Å². The van der Waals surface area contributed by atoms with Crippen LogP contribution in [0.4, 0.5) is 4.39 Å². The summed E-state index contributed by atoms with van der Waals surface area (Å²) in [5.41, 5.74) is 3.10. The third kappa shape index (κ3) is 2.86. The molecule has 1 aliphatic heterocycles. The average Bonchev–Trinajstić information content (AvgIpc) is 3.57. The highest BCUT2D eigenvalue weighted by molar-refractivity contribution is 5.90. The van der Waals surface area contributed by atoms with E-state index in [4.69, 9.17) is 4.42 Å². The van der Waals surface area contributed by atoms with E-state index in [9.17, 15) is 9.18 Å². The number of aromatic nitrogens is 7. The van der Waals surface area contributed by atoms with Gasteiger partial charge in [-0.1, -0.05) is 6.07 Å². The Morgan fingerprint density at radius 3 is 3.00 bits per heavy atom. The number of pyridine rings is 2. The summed E-state index contributed by atoms with van der Waals surface area (Å²) in [4.78, 5) is 26.5. The molecule has 0 bridgehead atoms. The van der Waals surface area contributed by atoms with Gasteiger partial charge in [-0.05, 0) is 30.3 Å². The molecule has 0 radical (unpaired) electrons. The Morgan fingerprint density at radius 2 is 2.12 bits per heavy atom. The Hall–Kier alpha value is -4.41. The van der Waals surface area contributed by atoms with Crippen LogP contribution in [0, 0.1) is 5.82 Å². The van der Waals surface area contributed by atoms with Gasteiger partial charge in [0.2, 0.25) is 0 Å². The zero-order valence-corrected chi connectivity index (χ0v) is 16.5. The van der Waals surface area contributed by atoms with Gasteiger partial charge < -0.3 is 14.3 Å². The molecule has 0 aliphatic carbocycles. The maximum atomic E-state index is 14.0. The minimum absolute atomic E-state index is 0.107. The molecule has 0 spiro atoms. The predicted molar refractivity (Wildman–Crippen MR) is 108 cm³/mol. The lowest BCUT2D eigenvalue weighted by Gasteiger charge is -2.32. The number of carbonyl (C=O) groups is 1. The number of carbonyl (C=O) groups excluding carboxylic acids is 1. The van der Waals surface area contributed by atoms with E-state index in [1.165, 1.54) is 18.3 Å². The van der Waals surface area contributed by atoms with Crippen LogP contribution < -0.4 is 0 Å². The van der Waals surface area contributed by atoms with Crippen molar-refractivity contribution in [3.05, 3.63) is 83.9 Å². The molecule has 1 atom stereocenters. The Labute approximate surface area is 179 Å². The summed E-state index contributed by atoms with van der Waals surface area (Å²) in [6.45, 7) is 0.391. The molecule has 0 unspecified atom stereocenters. The normalized spacial score (nSPS) is 15.8. The van der Waals surface area contributed by atoms with Crippen LogP contribution in [-0.2, 0) is 6.42 Å². The fourth-order valence-electron chi connectivity index (χ4n) is 3.96. The third-order valence-electron chi connectivity index (χ3n) is 5.42. The molecular formula is C21H15FN8O2. The summed E-state index contributed by atoms with van der Waals surface area (Å²) in [7, 11) is 0. The standard InChI is InChI=1S/C21H15FN8O2/c22-13-5-3-7-23-16(13)19-26-27-20(32-19)21(31)29-9-6-14-17(25-11-24-14)18(29)15-10-12-4-1-2-8-30(12)28-15/h1-5,7-8,10-11,18H,6,9H2,(H,24,25)/t18-/m1/s1. The molecule has 1 amide bonds. The highest BCUT2D eigenvalue weighted by Gasteiger charge is 2.38. The van der Waals surface area contributed by atoms with Gasteiger partial charge in [0.25, 0.3) is 5.89 Å². The fraction of sp³-hybridized carbons (Fsp3) is 0.143. The largest absolute Gasteiger partial charge is 0.411 e. The second-order valence-corrected chi connectivity index (χ2v) is 7.30. The maximum absolute atomic E-state index is 14.0. The first-order valence-electron chi connectivity index (χ1n) is 9.91. The molecule has 158 valence electrons. The van der Waals surface area contributed by atoms with Gasteiger partial charge in [-0.3, -0.25) is 4.79 Å². The van der Waals surface area contributed by atoms with E-state index < -0.39 is 17.8 Å². The Kier molecular flexibility index (Phi) is 4.06. The molecule has 6 heterocycles. The van der Waals surface area contributed by atoms with Crippen molar-refractivity contribution in [2.75, 3.05) is 6.54 Å². The number of H-pyrrole nitrogens is 1. The number of fused-ring (bicyclic) bond motifs is 2. The fourth-order valence-corrected chi connectivity index (χ4v) is 3.96. The molecule has 5 aromatic heterocycles. The lowest BCUT2D eigenvalue weighted by atomic mass is 9.99. The van der Waals surface area contributed by atoms with E-state index in [2.05, 4.69) is 30.2 Å². The molecular weight excluding hydrogens is 415 g/mol. The second-order valence-electron chi connectivity index (χ2n) is 7.30. The predicted octanol–water partition coefficient (Wildman–Crippen LogP) is 2.43. The zero-order chi connectivity index (χ0) is 21.7. The molecule has 11 heteroatoms. The minimum Gasteiger partial charge on any atom is -0.411 e. The monoisotopic (exact) mass is 430 g/mol. The van der Waals surface area contributed by atoms with Crippen molar-refractivity contribution < 1.29 is 13.6 Å². The summed E-state index contributed by atoms with van der Waals surface area (Å²) in [6, 6.07) is 9.79. The molecule has 5 aromatic rings. The number of hydrogen-bond acceptors (Lipinski definition) is 7. The van der Waals surface area contributed by atoms with Crippen LogP contribution in [0.1, 0.15) is 33.8 Å². The highest BCUT2D eigenvalue weighted by atomic mass is 19.1. The summed E-state index contributed by atoms with van der Waals surface area (Å²) in [5.74, 6) is -1.52. The van der Waals surface area contributed by atoms with Crippen LogP contribution in [0.3, 0.4) is 0 Å². The first-order chi connectivity index (χ1) is 15.7. The van der Waals surface area contributed by atoms with Crippen LogP contribution in [-0.4, -0.2) is 52.1 Å². The molecule has 0 aromatic carbocycles. The number of amides is 1. The highest BCUT2D eigenvalue weighted by Crippen LogP contribution is 2.34. The van der Waals surface area contributed by atoms with Crippen LogP contribution in [0.15, 0.2) is 59.5 Å². The van der Waals surface area contributed by atoms with Crippen LogP contribution >= 0.6 is 0 Å². The Balaban J connectivity index is 1.40. The Morgan fingerprint density at radius 1 is 1.19 bits per heavy atom. The van der Waals surface area contributed by atoms with E-state index in [0.717, 1.165) is 11.2 Å². The summed E-state index contributed by atoms with van der Waals surface area (Å²) in [6.07, 6.45) is 5.44. The van der Waals surface area contributed by atoms with E-state index in [1.807, 2.05) is 30.5 Å². The van der Waals surface area contributed by atoms with Crippen LogP contribution in [0.5, 0.6) is 0 Å². The Bertz CT molecular complexity index is 1420. The number of nitrogens with one attached hydrogen (secondary N) is 1. The summed E-state index contributed by atoms with van der Waals surface area (Å²) >= 11 is 0. The third-order valence-corrected chi connectivity index (χ3v) is 5.42. The van der Waals surface area contributed by atoms with Crippen molar-refractivity contribution >= 4 is 11.4 Å². The topological polar surface area (TPSA) is 118 Å². The van der Waals surface area contributed by atoms with Gasteiger partial charge in [-0.25, -0.2) is 18.9 Å². The van der Waals surface area contributed by atoms with Gasteiger partial charge in [-0.2, -0.15) is 5.10 Å². The van der Waals surface area contributed by atoms with Crippen molar-refractivity contribution in [3.8, 4) is 11.6 Å². The lowest BCUT2D eigenvalue weighted by molar-refractivity contribution is 0.0646. The first kappa shape index (κ1) is 18.4. The quantitative estimate of drug-likeness (QED) is 0.467. The maximum Gasteiger partial charge on any atom is 0.312 e. The number of halogens is 1. The van der Waals surface area contributed by atoms with Crippen molar-refractivity contribution in [2.24, 2.45) is 0 Å². The lowest BCUT2D eigenvalue weighted by Crippen LogP contribution is -2.41. The first-order valence-corrected chi connectivity index (χ1v) is 9.91. The molecule has 1 aliphatic rings. The molecule has 32 heavy (non-hydrogen) atoms. The van der Waals surface area contributed by atoms with Crippen molar-refractivity contribution in [1.82, 2.24) is 39.7 Å². The molecule has 1 N–H and O–H groups in total. The second kappa shape index (κ2) is 7.08. The van der Waals surface area contributed by atoms with Crippen molar-refractivity contribution in [1.29, 1.82) is 0 Å². The molecule has 10 nitrogen and oxygen atoms in total. The van der Waals surface area contributed by atoms with Gasteiger partial charge in [-0.15, -0.1) is 10.2 Å². The SMILES string of the molecule is O=C(c1nnc(-c2ncccc2F)o1)N1CCc2[nH]cnc2[C@H]1c1cc2ccccn2n1. The number of nitrogens with zero attached hydrogens (tertiary/aromatic N) is 7. The van der Waals surface area contributed by atoms with E-state index >= 15 is 0 Å². The molecule has 6 rings (SSSR count). The van der Waals surface area contributed by atoms with Crippen LogP contribution in [0.2, 0.25) is 0 Å². The van der Waals surface area contributed by atoms with Gasteiger partial charge in [0, 0.05) is 31.1 Å². The van der Waals surface area contributed by atoms with Crippen molar-refractivity contribution in [3.63, 3.8) is 0 Å². The number of aromatic amines is 1. The molecule has 0 saturated heterocycles. The molecule has 0 fully saturated rings. The van der Waals surface area contributed by atoms with Crippen LogP contribution in [0.25, 0.3) is 17.1 Å². The summed E-state index contributed by atoms with van der Waals surface area (Å²) < 4.78 is 21.3. The minimum atomic E-state index is -0.614. The van der Waals surface area contributed by atoms with E-state index in [1.54, 1.807) is 15.7 Å². The molecule has 0 saturated carbocycles. The smallest absolute Gasteiger partial charge is 0.312 e. The summed E-state index contributed by atoms with van der Waals surface area (Å²) in [5, 5.41) is 12.3. The number of rotatable bonds is 3. The van der Waals surface area contributed by atoms with E-state index in [-0.39, 0.29) is 17.5 Å². The van der Waals surface area contributed by atoms with Gasteiger partial charge >= 0.3 is 11.8 Å².